The maximum absolute atomic E-state index is 5.63. The van der Waals surface area contributed by atoms with Crippen LogP contribution in [-0.2, 0) is 6.54 Å². The summed E-state index contributed by atoms with van der Waals surface area (Å²) >= 11 is 0. The lowest BCUT2D eigenvalue weighted by Crippen LogP contribution is -2.14. The molecule has 1 rings (SSSR count). The van der Waals surface area contributed by atoms with E-state index in [1.165, 1.54) is 0 Å². The minimum atomic E-state index is 0.467. The van der Waals surface area contributed by atoms with E-state index in [0.29, 0.717) is 6.61 Å². The van der Waals surface area contributed by atoms with Gasteiger partial charge in [-0.2, -0.15) is 0 Å². The summed E-state index contributed by atoms with van der Waals surface area (Å²) in [4.78, 5) is 0. The van der Waals surface area contributed by atoms with Crippen LogP contribution in [0, 0.1) is 0 Å². The quantitative estimate of drug-likeness (QED) is 0.553. The van der Waals surface area contributed by atoms with Gasteiger partial charge in [0.25, 0.3) is 0 Å². The summed E-state index contributed by atoms with van der Waals surface area (Å²) in [5.41, 5.74) is 1.06. The van der Waals surface area contributed by atoms with Crippen LogP contribution in [0.2, 0.25) is 0 Å². The molecule has 3 heteroatoms. The predicted molar refractivity (Wildman–Crippen MR) is 70.6 cm³/mol. The molecule has 3 nitrogen and oxygen atoms in total. The molecule has 17 heavy (non-hydrogen) atoms. The molecule has 0 saturated carbocycles. The second-order valence-corrected chi connectivity index (χ2v) is 3.47. The zero-order valence-corrected chi connectivity index (χ0v) is 10.2. The first kappa shape index (κ1) is 13.3. The van der Waals surface area contributed by atoms with Crippen molar-refractivity contribution in [1.29, 1.82) is 0 Å². The highest BCUT2D eigenvalue weighted by atomic mass is 16.5. The van der Waals surface area contributed by atoms with E-state index >= 15 is 0 Å². The second kappa shape index (κ2) is 7.52. The van der Waals surface area contributed by atoms with Gasteiger partial charge in [-0.3, -0.25) is 0 Å². The normalized spacial score (nSPS) is 9.71. The molecule has 0 heterocycles. The van der Waals surface area contributed by atoms with Crippen LogP contribution < -0.4 is 14.8 Å². The number of ether oxygens (including phenoxy) is 2. The van der Waals surface area contributed by atoms with Gasteiger partial charge in [-0.15, -0.1) is 6.58 Å². The number of nitrogens with one attached hydrogen (secondary N) is 1. The Kier molecular flexibility index (Phi) is 5.89. The van der Waals surface area contributed by atoms with Crippen molar-refractivity contribution >= 4 is 0 Å². The van der Waals surface area contributed by atoms with Crippen LogP contribution in [0.25, 0.3) is 0 Å². The van der Waals surface area contributed by atoms with E-state index in [9.17, 15) is 0 Å². The Bertz CT molecular complexity index is 374. The van der Waals surface area contributed by atoms with Crippen LogP contribution in [0.3, 0.4) is 0 Å². The first-order valence-corrected chi connectivity index (χ1v) is 5.54. The molecule has 0 unspecified atom stereocenters. The molecule has 0 radical (unpaired) electrons. The Labute approximate surface area is 103 Å². The summed E-state index contributed by atoms with van der Waals surface area (Å²) in [5, 5.41) is 3.24. The van der Waals surface area contributed by atoms with Crippen LogP contribution in [-0.4, -0.2) is 20.3 Å². The second-order valence-electron chi connectivity index (χ2n) is 3.47. The fraction of sp³-hybridized carbons (Fsp3) is 0.286. The molecule has 0 fully saturated rings. The third-order valence-electron chi connectivity index (χ3n) is 2.23. The summed E-state index contributed by atoms with van der Waals surface area (Å²) in [5.74, 6) is 1.51. The molecule has 1 aromatic carbocycles. The van der Waals surface area contributed by atoms with Gasteiger partial charge in [0, 0.05) is 18.7 Å². The van der Waals surface area contributed by atoms with Crippen molar-refractivity contribution in [3.05, 3.63) is 49.1 Å². The Morgan fingerprint density at radius 2 is 2.12 bits per heavy atom. The largest absolute Gasteiger partial charge is 0.493 e. The molecule has 0 aliphatic rings. The van der Waals surface area contributed by atoms with Crippen LogP contribution in [0.15, 0.2) is 43.5 Å². The van der Waals surface area contributed by atoms with Crippen LogP contribution >= 0.6 is 0 Å². The van der Waals surface area contributed by atoms with Gasteiger partial charge in [0.15, 0.2) is 11.5 Å². The number of para-hydroxylation sites is 1. The van der Waals surface area contributed by atoms with Gasteiger partial charge in [-0.05, 0) is 6.07 Å². The van der Waals surface area contributed by atoms with Crippen molar-refractivity contribution in [2.75, 3.05) is 20.3 Å². The van der Waals surface area contributed by atoms with Crippen molar-refractivity contribution in [1.82, 2.24) is 5.32 Å². The summed E-state index contributed by atoms with van der Waals surface area (Å²) in [6, 6.07) is 5.84. The minimum absolute atomic E-state index is 0.467. The average Bonchev–Trinajstić information content (AvgIpc) is 2.37. The Morgan fingerprint density at radius 1 is 1.29 bits per heavy atom. The molecule has 0 amide bonds. The summed E-state index contributed by atoms with van der Waals surface area (Å²) in [6.45, 7) is 9.25. The zero-order chi connectivity index (χ0) is 12.5. The number of methoxy groups -OCH3 is 1. The van der Waals surface area contributed by atoms with E-state index in [1.807, 2.05) is 24.3 Å². The molecular weight excluding hydrogens is 214 g/mol. The van der Waals surface area contributed by atoms with Crippen LogP contribution in [0.4, 0.5) is 0 Å². The van der Waals surface area contributed by atoms with Gasteiger partial charge < -0.3 is 14.8 Å². The first-order valence-electron chi connectivity index (χ1n) is 5.54. The predicted octanol–water partition coefficient (Wildman–Crippen LogP) is 2.54. The molecule has 0 spiro atoms. The molecule has 1 aromatic rings. The van der Waals surface area contributed by atoms with Gasteiger partial charge >= 0.3 is 0 Å². The van der Waals surface area contributed by atoms with E-state index in [1.54, 1.807) is 13.2 Å². The molecule has 92 valence electrons. The van der Waals surface area contributed by atoms with Gasteiger partial charge in [0.2, 0.25) is 0 Å². The highest BCUT2D eigenvalue weighted by Crippen LogP contribution is 2.30. The fourth-order valence-corrected chi connectivity index (χ4v) is 1.48. The topological polar surface area (TPSA) is 30.5 Å². The smallest absolute Gasteiger partial charge is 0.166 e. The third-order valence-corrected chi connectivity index (χ3v) is 2.23. The maximum atomic E-state index is 5.63. The number of benzene rings is 1. The zero-order valence-electron chi connectivity index (χ0n) is 10.2. The molecule has 0 saturated heterocycles. The summed E-state index contributed by atoms with van der Waals surface area (Å²) in [7, 11) is 1.64. The van der Waals surface area contributed by atoms with Crippen molar-refractivity contribution in [3.63, 3.8) is 0 Å². The number of hydrogen-bond acceptors (Lipinski definition) is 3. The Hall–Kier alpha value is -1.74. The lowest BCUT2D eigenvalue weighted by Gasteiger charge is -2.14. The summed E-state index contributed by atoms with van der Waals surface area (Å²) < 4.78 is 10.9. The monoisotopic (exact) mass is 233 g/mol. The molecule has 0 atom stereocenters. The Balaban J connectivity index is 2.84. The number of rotatable bonds is 8. The maximum Gasteiger partial charge on any atom is 0.166 e. The van der Waals surface area contributed by atoms with E-state index < -0.39 is 0 Å². The van der Waals surface area contributed by atoms with Crippen molar-refractivity contribution in [3.8, 4) is 11.5 Å². The standard InChI is InChI=1S/C14H19NO2/c1-4-9-15-11-12-7-6-8-13(16-3)14(12)17-10-5-2/h4-8,15H,1-2,9-11H2,3H3. The molecule has 0 aliphatic carbocycles. The van der Waals surface area contributed by atoms with Crippen molar-refractivity contribution < 1.29 is 9.47 Å². The lowest BCUT2D eigenvalue weighted by atomic mass is 10.2. The van der Waals surface area contributed by atoms with Crippen LogP contribution in [0.1, 0.15) is 5.56 Å². The van der Waals surface area contributed by atoms with E-state index in [4.69, 9.17) is 9.47 Å². The lowest BCUT2D eigenvalue weighted by molar-refractivity contribution is 0.322. The molecule has 0 aliphatic heterocycles. The highest BCUT2D eigenvalue weighted by molar-refractivity contribution is 5.46. The van der Waals surface area contributed by atoms with Crippen LogP contribution in [0.5, 0.6) is 11.5 Å². The van der Waals surface area contributed by atoms with Crippen molar-refractivity contribution in [2.45, 2.75) is 6.54 Å². The van der Waals surface area contributed by atoms with Crippen molar-refractivity contribution in [2.24, 2.45) is 0 Å². The minimum Gasteiger partial charge on any atom is -0.493 e. The van der Waals surface area contributed by atoms with Gasteiger partial charge in [0.1, 0.15) is 6.61 Å². The molecule has 0 aromatic heterocycles. The van der Waals surface area contributed by atoms with E-state index in [0.717, 1.165) is 30.2 Å². The number of hydrogen-bond donors (Lipinski definition) is 1. The average molecular weight is 233 g/mol. The Morgan fingerprint density at radius 3 is 2.76 bits per heavy atom. The molecule has 0 bridgehead atoms. The SMILES string of the molecule is C=CCNCc1cccc(OC)c1OCC=C. The van der Waals surface area contributed by atoms with Gasteiger partial charge in [-0.1, -0.05) is 30.9 Å². The van der Waals surface area contributed by atoms with Gasteiger partial charge in [-0.25, -0.2) is 0 Å². The highest BCUT2D eigenvalue weighted by Gasteiger charge is 2.09. The van der Waals surface area contributed by atoms with Gasteiger partial charge in [0.05, 0.1) is 7.11 Å². The first-order chi connectivity index (χ1) is 8.33. The molecular formula is C14H19NO2. The van der Waals surface area contributed by atoms with E-state index in [-0.39, 0.29) is 0 Å². The third kappa shape index (κ3) is 3.96. The summed E-state index contributed by atoms with van der Waals surface area (Å²) in [6.07, 6.45) is 3.54. The molecule has 1 N–H and O–H groups in total. The van der Waals surface area contributed by atoms with E-state index in [2.05, 4.69) is 18.5 Å². The fourth-order valence-electron chi connectivity index (χ4n) is 1.48.